The Morgan fingerprint density at radius 1 is 1.70 bits per heavy atom. The molecule has 0 N–H and O–H groups in total. The number of hydrogen-bond donors (Lipinski definition) is 0. The van der Waals surface area contributed by atoms with E-state index in [1.807, 2.05) is 0 Å². The predicted octanol–water partition coefficient (Wildman–Crippen LogP) is 1.55. The zero-order valence-electron chi connectivity index (χ0n) is 6.12. The summed E-state index contributed by atoms with van der Waals surface area (Å²) in [6.07, 6.45) is 5.25. The summed E-state index contributed by atoms with van der Waals surface area (Å²) in [4.78, 5) is 3.82. The van der Waals surface area contributed by atoms with Gasteiger partial charge in [0.05, 0.1) is 0 Å². The zero-order valence-corrected chi connectivity index (χ0v) is 6.12. The minimum absolute atomic E-state index is 0.976. The highest BCUT2D eigenvalue weighted by Crippen LogP contribution is 2.05. The quantitative estimate of drug-likeness (QED) is 0.632. The first kappa shape index (κ1) is 6.99. The van der Waals surface area contributed by atoms with Crippen molar-refractivity contribution in [1.29, 1.82) is 0 Å². The summed E-state index contributed by atoms with van der Waals surface area (Å²) in [6, 6.07) is 0. The molecule has 0 radical (unpaired) electrons. The van der Waals surface area contributed by atoms with Crippen LogP contribution in [0.25, 0.3) is 5.70 Å². The van der Waals surface area contributed by atoms with Gasteiger partial charge in [0.15, 0.2) is 0 Å². The first-order valence-electron chi connectivity index (χ1n) is 3.37. The average Bonchev–Trinajstić information content (AvgIpc) is 2.38. The average molecular weight is 137 g/mol. The van der Waals surface area contributed by atoms with Crippen molar-refractivity contribution in [3.8, 4) is 0 Å². The summed E-state index contributed by atoms with van der Waals surface area (Å²) in [5.74, 6) is 0. The number of aromatic nitrogens is 3. The fraction of sp³-hybridized carbons (Fsp3) is 0.429. The molecule has 0 aliphatic carbocycles. The van der Waals surface area contributed by atoms with Crippen molar-refractivity contribution >= 4 is 5.70 Å². The lowest BCUT2D eigenvalue weighted by atomic mass is 10.3. The molecule has 3 heteroatoms. The standard InChI is InChI=1S/C7H11N3/c1-3-4-7(2)10-6-8-5-9-10/h5-6H,2-4H2,1H3. The minimum Gasteiger partial charge on any atom is -0.226 e. The highest BCUT2D eigenvalue weighted by atomic mass is 15.3. The SMILES string of the molecule is C=C(CCC)n1cncn1. The van der Waals surface area contributed by atoms with Crippen LogP contribution in [0.1, 0.15) is 19.8 Å². The summed E-state index contributed by atoms with van der Waals surface area (Å²) >= 11 is 0. The van der Waals surface area contributed by atoms with Crippen molar-refractivity contribution in [3.05, 3.63) is 19.2 Å². The lowest BCUT2D eigenvalue weighted by Gasteiger charge is -2.00. The Morgan fingerprint density at radius 3 is 3.00 bits per heavy atom. The number of rotatable bonds is 3. The van der Waals surface area contributed by atoms with Crippen LogP contribution in [0.3, 0.4) is 0 Å². The van der Waals surface area contributed by atoms with Crippen LogP contribution in [-0.4, -0.2) is 14.8 Å². The topological polar surface area (TPSA) is 30.7 Å². The van der Waals surface area contributed by atoms with Crippen molar-refractivity contribution < 1.29 is 0 Å². The number of nitrogens with zero attached hydrogens (tertiary/aromatic N) is 3. The van der Waals surface area contributed by atoms with Gasteiger partial charge in [-0.2, -0.15) is 5.10 Å². The van der Waals surface area contributed by atoms with Gasteiger partial charge in [-0.3, -0.25) is 0 Å². The van der Waals surface area contributed by atoms with Crippen molar-refractivity contribution in [2.45, 2.75) is 19.8 Å². The molecule has 1 heterocycles. The van der Waals surface area contributed by atoms with E-state index in [0.29, 0.717) is 0 Å². The third-order valence-corrected chi connectivity index (χ3v) is 1.28. The van der Waals surface area contributed by atoms with E-state index >= 15 is 0 Å². The Bertz CT molecular complexity index is 201. The van der Waals surface area contributed by atoms with E-state index in [1.165, 1.54) is 6.33 Å². The Kier molecular flexibility index (Phi) is 2.20. The van der Waals surface area contributed by atoms with Gasteiger partial charge in [0.1, 0.15) is 12.7 Å². The fourth-order valence-electron chi connectivity index (χ4n) is 0.775. The van der Waals surface area contributed by atoms with E-state index in [2.05, 4.69) is 23.6 Å². The van der Waals surface area contributed by atoms with E-state index in [1.54, 1.807) is 11.0 Å². The highest BCUT2D eigenvalue weighted by molar-refractivity contribution is 5.38. The maximum Gasteiger partial charge on any atom is 0.138 e. The van der Waals surface area contributed by atoms with Gasteiger partial charge in [-0.15, -0.1) is 0 Å². The van der Waals surface area contributed by atoms with Gasteiger partial charge in [0.25, 0.3) is 0 Å². The zero-order chi connectivity index (χ0) is 7.40. The third kappa shape index (κ3) is 1.43. The molecule has 0 aromatic carbocycles. The summed E-state index contributed by atoms with van der Waals surface area (Å²) in [6.45, 7) is 5.96. The van der Waals surface area contributed by atoms with Gasteiger partial charge in [0.2, 0.25) is 0 Å². The van der Waals surface area contributed by atoms with Crippen LogP contribution in [0, 0.1) is 0 Å². The Hall–Kier alpha value is -1.12. The molecule has 1 aromatic rings. The molecule has 0 saturated heterocycles. The van der Waals surface area contributed by atoms with E-state index in [0.717, 1.165) is 18.5 Å². The van der Waals surface area contributed by atoms with Crippen LogP contribution >= 0.6 is 0 Å². The first-order valence-corrected chi connectivity index (χ1v) is 3.37. The van der Waals surface area contributed by atoms with Crippen LogP contribution in [0.15, 0.2) is 19.2 Å². The highest BCUT2D eigenvalue weighted by Gasteiger charge is 1.93. The number of hydrogen-bond acceptors (Lipinski definition) is 2. The van der Waals surface area contributed by atoms with Gasteiger partial charge in [-0.05, 0) is 6.42 Å². The minimum atomic E-state index is 0.976. The molecule has 0 spiro atoms. The van der Waals surface area contributed by atoms with Crippen molar-refractivity contribution in [2.75, 3.05) is 0 Å². The molecule has 1 aromatic heterocycles. The molecule has 3 nitrogen and oxygen atoms in total. The number of allylic oxidation sites excluding steroid dienone is 1. The van der Waals surface area contributed by atoms with Crippen LogP contribution in [-0.2, 0) is 0 Å². The predicted molar refractivity (Wildman–Crippen MR) is 40.3 cm³/mol. The second kappa shape index (κ2) is 3.15. The monoisotopic (exact) mass is 137 g/mol. The molecule has 0 aliphatic heterocycles. The molecule has 10 heavy (non-hydrogen) atoms. The van der Waals surface area contributed by atoms with Crippen molar-refractivity contribution in [1.82, 2.24) is 14.8 Å². The van der Waals surface area contributed by atoms with Crippen LogP contribution < -0.4 is 0 Å². The van der Waals surface area contributed by atoms with E-state index in [4.69, 9.17) is 0 Å². The molecule has 54 valence electrons. The van der Waals surface area contributed by atoms with E-state index in [9.17, 15) is 0 Å². The summed E-state index contributed by atoms with van der Waals surface area (Å²) in [5, 5.41) is 3.94. The van der Waals surface area contributed by atoms with E-state index in [-0.39, 0.29) is 0 Å². The maximum absolute atomic E-state index is 3.94. The molecule has 0 saturated carbocycles. The normalized spacial score (nSPS) is 9.70. The molecular formula is C7H11N3. The Labute approximate surface area is 60.4 Å². The lowest BCUT2D eigenvalue weighted by Crippen LogP contribution is -1.94. The molecule has 0 aliphatic rings. The summed E-state index contributed by atoms with van der Waals surface area (Å²) in [5.41, 5.74) is 1.00. The molecule has 0 amide bonds. The van der Waals surface area contributed by atoms with Gasteiger partial charge in [0, 0.05) is 5.70 Å². The molecular weight excluding hydrogens is 126 g/mol. The van der Waals surface area contributed by atoms with Crippen LogP contribution in [0.2, 0.25) is 0 Å². The molecule has 0 atom stereocenters. The molecule has 0 fully saturated rings. The second-order valence-electron chi connectivity index (χ2n) is 2.16. The Balaban J connectivity index is 2.59. The third-order valence-electron chi connectivity index (χ3n) is 1.28. The lowest BCUT2D eigenvalue weighted by molar-refractivity contribution is 0.826. The summed E-state index contributed by atoms with van der Waals surface area (Å²) < 4.78 is 1.70. The van der Waals surface area contributed by atoms with Gasteiger partial charge in [-0.25, -0.2) is 9.67 Å². The molecule has 0 bridgehead atoms. The summed E-state index contributed by atoms with van der Waals surface area (Å²) in [7, 11) is 0. The van der Waals surface area contributed by atoms with Gasteiger partial charge in [-0.1, -0.05) is 19.9 Å². The first-order chi connectivity index (χ1) is 4.84. The van der Waals surface area contributed by atoms with E-state index < -0.39 is 0 Å². The Morgan fingerprint density at radius 2 is 2.50 bits per heavy atom. The van der Waals surface area contributed by atoms with Crippen molar-refractivity contribution in [2.24, 2.45) is 0 Å². The molecule has 1 rings (SSSR count). The maximum atomic E-state index is 3.94. The largest absolute Gasteiger partial charge is 0.226 e. The van der Waals surface area contributed by atoms with Crippen LogP contribution in [0.5, 0.6) is 0 Å². The van der Waals surface area contributed by atoms with Gasteiger partial charge >= 0.3 is 0 Å². The van der Waals surface area contributed by atoms with Crippen molar-refractivity contribution in [3.63, 3.8) is 0 Å². The van der Waals surface area contributed by atoms with Crippen LogP contribution in [0.4, 0.5) is 0 Å². The second-order valence-corrected chi connectivity index (χ2v) is 2.16. The molecule has 0 unspecified atom stereocenters. The smallest absolute Gasteiger partial charge is 0.138 e. The van der Waals surface area contributed by atoms with Gasteiger partial charge < -0.3 is 0 Å². The fourth-order valence-corrected chi connectivity index (χ4v) is 0.775.